The lowest BCUT2D eigenvalue weighted by molar-refractivity contribution is 0.480. The minimum absolute atomic E-state index is 0.217. The molecular formula is C18H19FN6. The highest BCUT2D eigenvalue weighted by Crippen LogP contribution is 2.31. The van der Waals surface area contributed by atoms with Crippen molar-refractivity contribution in [2.75, 3.05) is 23.8 Å². The van der Waals surface area contributed by atoms with Crippen molar-refractivity contribution in [1.29, 1.82) is 0 Å². The Kier molecular flexibility index (Phi) is 4.05. The summed E-state index contributed by atoms with van der Waals surface area (Å²) in [5.41, 5.74) is 8.93. The van der Waals surface area contributed by atoms with E-state index in [9.17, 15) is 4.39 Å². The van der Waals surface area contributed by atoms with Gasteiger partial charge in [0.05, 0.1) is 11.4 Å². The third-order valence-electron chi connectivity index (χ3n) is 4.42. The lowest BCUT2D eigenvalue weighted by atomic mass is 10.1. The molecule has 3 aromatic rings. The molecule has 6 nitrogen and oxygen atoms in total. The minimum atomic E-state index is -0.271. The van der Waals surface area contributed by atoms with Crippen molar-refractivity contribution < 1.29 is 4.39 Å². The summed E-state index contributed by atoms with van der Waals surface area (Å²) in [5, 5.41) is 2.26. The molecule has 128 valence electrons. The van der Waals surface area contributed by atoms with Gasteiger partial charge in [-0.15, -0.1) is 0 Å². The van der Waals surface area contributed by atoms with Crippen LogP contribution in [0.3, 0.4) is 0 Å². The highest BCUT2D eigenvalue weighted by Gasteiger charge is 2.21. The van der Waals surface area contributed by atoms with E-state index in [0.29, 0.717) is 5.69 Å². The molecule has 2 N–H and O–H groups in total. The molecule has 3 heterocycles. The van der Waals surface area contributed by atoms with Crippen molar-refractivity contribution in [3.8, 4) is 22.6 Å². The number of aromatic nitrogens is 4. The normalized spacial score (nSPS) is 14.7. The van der Waals surface area contributed by atoms with Gasteiger partial charge in [0.15, 0.2) is 0 Å². The number of nitrogens with zero attached hydrogens (tertiary/aromatic N) is 5. The van der Waals surface area contributed by atoms with E-state index in [1.807, 2.05) is 10.7 Å². The smallest absolute Gasteiger partial charge is 0.220 e. The highest BCUT2D eigenvalue weighted by molar-refractivity contribution is 5.77. The number of piperidine rings is 1. The first-order valence-electron chi connectivity index (χ1n) is 8.40. The topological polar surface area (TPSA) is 72.9 Å². The number of rotatable bonds is 3. The molecule has 7 heteroatoms. The molecule has 1 aliphatic rings. The second-order valence-electron chi connectivity index (χ2n) is 6.11. The molecule has 1 saturated heterocycles. The van der Waals surface area contributed by atoms with Crippen LogP contribution in [-0.2, 0) is 0 Å². The van der Waals surface area contributed by atoms with E-state index in [1.165, 1.54) is 18.6 Å². The molecule has 0 atom stereocenters. The molecule has 0 spiro atoms. The van der Waals surface area contributed by atoms with Crippen molar-refractivity contribution >= 4 is 5.95 Å². The van der Waals surface area contributed by atoms with Gasteiger partial charge in [0, 0.05) is 24.8 Å². The summed E-state index contributed by atoms with van der Waals surface area (Å²) in [7, 11) is 0. The quantitative estimate of drug-likeness (QED) is 0.795. The molecule has 0 aliphatic carbocycles. The number of nitrogens with two attached hydrogens (primary N) is 1. The van der Waals surface area contributed by atoms with Crippen molar-refractivity contribution in [1.82, 2.24) is 19.6 Å². The predicted molar refractivity (Wildman–Crippen MR) is 94.9 cm³/mol. The average Bonchev–Trinajstić information content (AvgIpc) is 3.08. The van der Waals surface area contributed by atoms with E-state index >= 15 is 0 Å². The molecule has 2 aromatic heterocycles. The lowest BCUT2D eigenvalue weighted by Crippen LogP contribution is -2.39. The maximum Gasteiger partial charge on any atom is 0.220 e. The molecule has 0 radical (unpaired) electrons. The Labute approximate surface area is 145 Å². The van der Waals surface area contributed by atoms with E-state index in [4.69, 9.17) is 5.73 Å². The SMILES string of the molecule is Nc1nccc(-c2c(-c3ccc(F)cc3)ncn2N2CCCCC2)n1. The Morgan fingerprint density at radius 1 is 0.960 bits per heavy atom. The summed E-state index contributed by atoms with van der Waals surface area (Å²) in [6, 6.07) is 8.15. The largest absolute Gasteiger partial charge is 0.368 e. The predicted octanol–water partition coefficient (Wildman–Crippen LogP) is 2.85. The monoisotopic (exact) mass is 338 g/mol. The summed E-state index contributed by atoms with van der Waals surface area (Å²) in [4.78, 5) is 13.0. The number of halogens is 1. The zero-order valence-corrected chi connectivity index (χ0v) is 13.8. The lowest BCUT2D eigenvalue weighted by Gasteiger charge is -2.30. The summed E-state index contributed by atoms with van der Waals surface area (Å²) in [6.45, 7) is 1.93. The van der Waals surface area contributed by atoms with Gasteiger partial charge < -0.3 is 10.7 Å². The number of benzene rings is 1. The number of hydrogen-bond donors (Lipinski definition) is 1. The van der Waals surface area contributed by atoms with Gasteiger partial charge >= 0.3 is 0 Å². The van der Waals surface area contributed by atoms with E-state index in [-0.39, 0.29) is 11.8 Å². The zero-order chi connectivity index (χ0) is 17.2. The average molecular weight is 338 g/mol. The van der Waals surface area contributed by atoms with Gasteiger partial charge in [0.25, 0.3) is 0 Å². The number of hydrogen-bond acceptors (Lipinski definition) is 5. The first kappa shape index (κ1) is 15.6. The minimum Gasteiger partial charge on any atom is -0.368 e. The molecular weight excluding hydrogens is 319 g/mol. The van der Waals surface area contributed by atoms with Crippen LogP contribution in [0, 0.1) is 5.82 Å². The highest BCUT2D eigenvalue weighted by atomic mass is 19.1. The second-order valence-corrected chi connectivity index (χ2v) is 6.11. The van der Waals surface area contributed by atoms with Gasteiger partial charge in [-0.05, 0) is 49.6 Å². The molecule has 1 aliphatic heterocycles. The summed E-state index contributed by atoms with van der Waals surface area (Å²) in [5.74, 6) is -0.0546. The van der Waals surface area contributed by atoms with Crippen LogP contribution in [0.25, 0.3) is 22.6 Å². The van der Waals surface area contributed by atoms with Crippen LogP contribution in [0.15, 0.2) is 42.9 Å². The molecule has 4 rings (SSSR count). The van der Waals surface area contributed by atoms with Crippen LogP contribution < -0.4 is 10.7 Å². The van der Waals surface area contributed by atoms with Crippen LogP contribution >= 0.6 is 0 Å². The Morgan fingerprint density at radius 3 is 2.44 bits per heavy atom. The third-order valence-corrected chi connectivity index (χ3v) is 4.42. The first-order valence-corrected chi connectivity index (χ1v) is 8.40. The van der Waals surface area contributed by atoms with Crippen molar-refractivity contribution in [3.05, 3.63) is 48.7 Å². The van der Waals surface area contributed by atoms with Gasteiger partial charge in [-0.3, -0.25) is 0 Å². The van der Waals surface area contributed by atoms with E-state index in [0.717, 1.165) is 42.9 Å². The first-order chi connectivity index (χ1) is 12.2. The maximum atomic E-state index is 13.3. The van der Waals surface area contributed by atoms with Crippen molar-refractivity contribution in [2.24, 2.45) is 0 Å². The fraction of sp³-hybridized carbons (Fsp3) is 0.278. The molecule has 0 unspecified atom stereocenters. The summed E-state index contributed by atoms with van der Waals surface area (Å²) < 4.78 is 15.3. The van der Waals surface area contributed by atoms with Crippen molar-refractivity contribution in [3.63, 3.8) is 0 Å². The fourth-order valence-corrected chi connectivity index (χ4v) is 3.21. The number of imidazole rings is 1. The van der Waals surface area contributed by atoms with Crippen molar-refractivity contribution in [2.45, 2.75) is 19.3 Å². The van der Waals surface area contributed by atoms with E-state index < -0.39 is 0 Å². The Hall–Kier alpha value is -2.96. The van der Waals surface area contributed by atoms with Gasteiger partial charge in [-0.1, -0.05) is 0 Å². The van der Waals surface area contributed by atoms with Crippen LogP contribution in [-0.4, -0.2) is 32.7 Å². The number of anilines is 1. The molecule has 1 fully saturated rings. The molecule has 0 bridgehead atoms. The number of nitrogen functional groups attached to an aromatic ring is 1. The molecule has 25 heavy (non-hydrogen) atoms. The molecule has 0 amide bonds. The van der Waals surface area contributed by atoms with Gasteiger partial charge in [0.2, 0.25) is 5.95 Å². The summed E-state index contributed by atoms with van der Waals surface area (Å²) >= 11 is 0. The van der Waals surface area contributed by atoms with Crippen LogP contribution in [0.1, 0.15) is 19.3 Å². The van der Waals surface area contributed by atoms with Crippen LogP contribution in [0.5, 0.6) is 0 Å². The second kappa shape index (κ2) is 6.51. The van der Waals surface area contributed by atoms with Gasteiger partial charge in [-0.25, -0.2) is 24.0 Å². The van der Waals surface area contributed by atoms with Crippen LogP contribution in [0.2, 0.25) is 0 Å². The fourth-order valence-electron chi connectivity index (χ4n) is 3.21. The van der Waals surface area contributed by atoms with Crippen LogP contribution in [0.4, 0.5) is 10.3 Å². The van der Waals surface area contributed by atoms with Gasteiger partial charge in [-0.2, -0.15) is 0 Å². The standard InChI is InChI=1S/C18H19FN6/c19-14-6-4-13(5-7-14)16-17(15-8-9-21-18(20)23-15)25(12-22-16)24-10-2-1-3-11-24/h4-9,12H,1-3,10-11H2,(H2,20,21,23). The molecule has 1 aromatic carbocycles. The third kappa shape index (κ3) is 3.05. The maximum absolute atomic E-state index is 13.3. The Balaban J connectivity index is 1.86. The Bertz CT molecular complexity index is 868. The molecule has 0 saturated carbocycles. The summed E-state index contributed by atoms with van der Waals surface area (Å²) in [6.07, 6.45) is 6.98. The van der Waals surface area contributed by atoms with E-state index in [2.05, 4.69) is 20.0 Å². The van der Waals surface area contributed by atoms with E-state index in [1.54, 1.807) is 24.7 Å². The Morgan fingerprint density at radius 2 is 1.72 bits per heavy atom. The zero-order valence-electron chi connectivity index (χ0n) is 13.8. The van der Waals surface area contributed by atoms with Gasteiger partial charge in [0.1, 0.15) is 17.8 Å².